The third-order valence-electron chi connectivity index (χ3n) is 3.03. The number of fused-ring (bicyclic) bond motifs is 1. The number of rotatable bonds is 1. The van der Waals surface area contributed by atoms with Crippen LogP contribution in [0, 0.1) is 12.7 Å². The van der Waals surface area contributed by atoms with Crippen LogP contribution in [0.5, 0.6) is 5.88 Å². The quantitative estimate of drug-likeness (QED) is 0.700. The Bertz CT molecular complexity index is 818. The van der Waals surface area contributed by atoms with Gasteiger partial charge in [-0.3, -0.25) is 4.79 Å². The molecule has 0 saturated carbocycles. The zero-order chi connectivity index (χ0) is 13.6. The van der Waals surface area contributed by atoms with Gasteiger partial charge in [-0.25, -0.2) is 4.39 Å². The number of nitrogens with zero attached hydrogens (tertiary/aromatic N) is 2. The van der Waals surface area contributed by atoms with Crippen LogP contribution in [0.25, 0.3) is 16.8 Å². The molecule has 3 aromatic rings. The molecule has 0 aliphatic carbocycles. The van der Waals surface area contributed by atoms with Gasteiger partial charge in [-0.2, -0.15) is 9.61 Å². The molecule has 2 aromatic heterocycles. The van der Waals surface area contributed by atoms with E-state index < -0.39 is 0 Å². The maximum Gasteiger partial charge on any atom is 0.257 e. The van der Waals surface area contributed by atoms with E-state index in [4.69, 9.17) is 0 Å². The lowest BCUT2D eigenvalue weighted by Gasteiger charge is -2.02. The summed E-state index contributed by atoms with van der Waals surface area (Å²) < 4.78 is 14.2. The van der Waals surface area contributed by atoms with Gasteiger partial charge in [0.15, 0.2) is 0 Å². The largest absolute Gasteiger partial charge is 0.493 e. The van der Waals surface area contributed by atoms with Gasteiger partial charge in [0, 0.05) is 5.56 Å². The van der Waals surface area contributed by atoms with Gasteiger partial charge < -0.3 is 10.1 Å². The second-order valence-corrected chi connectivity index (χ2v) is 4.23. The van der Waals surface area contributed by atoms with Crippen molar-refractivity contribution in [2.75, 3.05) is 0 Å². The first kappa shape index (κ1) is 11.5. The Morgan fingerprint density at radius 1 is 1.32 bits per heavy atom. The molecule has 3 rings (SSSR count). The smallest absolute Gasteiger partial charge is 0.257 e. The third kappa shape index (κ3) is 1.69. The molecule has 6 heteroatoms. The van der Waals surface area contributed by atoms with E-state index in [9.17, 15) is 14.3 Å². The number of H-pyrrole nitrogens is 1. The SMILES string of the molecule is Cc1c(O)n2ncc(-c3ccc(F)cc3)c2[nH]c1=O. The van der Waals surface area contributed by atoms with Gasteiger partial charge in [0.05, 0.1) is 11.8 Å². The maximum atomic E-state index is 12.9. The van der Waals surface area contributed by atoms with Crippen LogP contribution in [0.2, 0.25) is 0 Å². The molecule has 2 heterocycles. The third-order valence-corrected chi connectivity index (χ3v) is 3.03. The Balaban J connectivity index is 2.32. The Kier molecular flexibility index (Phi) is 2.38. The summed E-state index contributed by atoms with van der Waals surface area (Å²) in [4.78, 5) is 14.3. The van der Waals surface area contributed by atoms with Gasteiger partial charge in [-0.1, -0.05) is 12.1 Å². The van der Waals surface area contributed by atoms with E-state index in [1.807, 2.05) is 0 Å². The minimum absolute atomic E-state index is 0.196. The van der Waals surface area contributed by atoms with Gasteiger partial charge >= 0.3 is 0 Å². The minimum atomic E-state index is -0.381. The van der Waals surface area contributed by atoms with Crippen molar-refractivity contribution in [2.24, 2.45) is 0 Å². The topological polar surface area (TPSA) is 70.4 Å². The predicted octanol–water partition coefficient (Wildman–Crippen LogP) is 1.84. The zero-order valence-electron chi connectivity index (χ0n) is 10.0. The lowest BCUT2D eigenvalue weighted by Crippen LogP contribution is -2.12. The van der Waals surface area contributed by atoms with Crippen LogP contribution in [-0.4, -0.2) is 19.7 Å². The van der Waals surface area contributed by atoms with Gasteiger partial charge in [0.1, 0.15) is 11.5 Å². The van der Waals surface area contributed by atoms with E-state index in [1.165, 1.54) is 29.8 Å². The molecule has 0 atom stereocenters. The number of benzene rings is 1. The van der Waals surface area contributed by atoms with Crippen molar-refractivity contribution < 1.29 is 9.50 Å². The van der Waals surface area contributed by atoms with Gasteiger partial charge in [0.25, 0.3) is 5.56 Å². The number of nitrogens with one attached hydrogen (secondary N) is 1. The molecule has 0 aliphatic rings. The molecule has 0 radical (unpaired) electrons. The van der Waals surface area contributed by atoms with Crippen LogP contribution in [0.15, 0.2) is 35.3 Å². The Morgan fingerprint density at radius 2 is 2.00 bits per heavy atom. The van der Waals surface area contributed by atoms with Crippen LogP contribution in [-0.2, 0) is 0 Å². The van der Waals surface area contributed by atoms with Crippen molar-refractivity contribution in [1.82, 2.24) is 14.6 Å². The summed E-state index contributed by atoms with van der Waals surface area (Å²) in [6.45, 7) is 1.51. The molecule has 96 valence electrons. The van der Waals surface area contributed by atoms with Crippen molar-refractivity contribution in [1.29, 1.82) is 0 Å². The second kappa shape index (κ2) is 3.94. The molecule has 19 heavy (non-hydrogen) atoms. The number of aromatic amines is 1. The van der Waals surface area contributed by atoms with Crippen LogP contribution >= 0.6 is 0 Å². The fraction of sp³-hybridized carbons (Fsp3) is 0.0769. The Hall–Kier alpha value is -2.63. The average molecular weight is 259 g/mol. The zero-order valence-corrected chi connectivity index (χ0v) is 10.0. The second-order valence-electron chi connectivity index (χ2n) is 4.23. The fourth-order valence-corrected chi connectivity index (χ4v) is 1.93. The normalized spacial score (nSPS) is 11.1. The monoisotopic (exact) mass is 259 g/mol. The standard InChI is InChI=1S/C13H10FN3O2/c1-7-12(18)16-11-10(6-15-17(11)13(7)19)8-2-4-9(14)5-3-8/h2-6,19H,1H3,(H,16,18). The number of halogens is 1. The molecule has 2 N–H and O–H groups in total. The summed E-state index contributed by atoms with van der Waals surface area (Å²) in [5.74, 6) is -0.542. The highest BCUT2D eigenvalue weighted by molar-refractivity contribution is 5.77. The van der Waals surface area contributed by atoms with E-state index in [0.29, 0.717) is 16.8 Å². The van der Waals surface area contributed by atoms with Crippen LogP contribution in [0.3, 0.4) is 0 Å². The molecule has 0 fully saturated rings. The van der Waals surface area contributed by atoms with Gasteiger partial charge in [0.2, 0.25) is 5.88 Å². The molecule has 0 bridgehead atoms. The molecule has 0 unspecified atom stereocenters. The molecule has 5 nitrogen and oxygen atoms in total. The Labute approximate surface area is 107 Å². The highest BCUT2D eigenvalue weighted by Gasteiger charge is 2.13. The molecular formula is C13H10FN3O2. The molecule has 0 spiro atoms. The van der Waals surface area contributed by atoms with E-state index >= 15 is 0 Å². The van der Waals surface area contributed by atoms with Crippen molar-refractivity contribution in [3.8, 4) is 17.0 Å². The van der Waals surface area contributed by atoms with E-state index in [2.05, 4.69) is 10.1 Å². The Morgan fingerprint density at radius 3 is 2.68 bits per heavy atom. The summed E-state index contributed by atoms with van der Waals surface area (Å²) >= 11 is 0. The first-order valence-electron chi connectivity index (χ1n) is 5.63. The lowest BCUT2D eigenvalue weighted by molar-refractivity contribution is 0.429. The molecule has 1 aromatic carbocycles. The maximum absolute atomic E-state index is 12.9. The summed E-state index contributed by atoms with van der Waals surface area (Å²) in [6.07, 6.45) is 1.51. The van der Waals surface area contributed by atoms with Crippen LogP contribution < -0.4 is 5.56 Å². The number of hydrogen-bond acceptors (Lipinski definition) is 3. The molecule has 0 aliphatic heterocycles. The lowest BCUT2D eigenvalue weighted by atomic mass is 10.1. The van der Waals surface area contributed by atoms with Crippen LogP contribution in [0.1, 0.15) is 5.56 Å². The van der Waals surface area contributed by atoms with Crippen molar-refractivity contribution >= 4 is 5.65 Å². The first-order valence-corrected chi connectivity index (χ1v) is 5.63. The van der Waals surface area contributed by atoms with Crippen molar-refractivity contribution in [2.45, 2.75) is 6.92 Å². The number of aromatic nitrogens is 3. The summed E-state index contributed by atoms with van der Waals surface area (Å²) in [5.41, 5.74) is 1.51. The molecule has 0 saturated heterocycles. The van der Waals surface area contributed by atoms with Gasteiger partial charge in [-0.15, -0.1) is 0 Å². The van der Waals surface area contributed by atoms with E-state index in [1.54, 1.807) is 12.1 Å². The summed E-state index contributed by atoms with van der Waals surface area (Å²) in [6, 6.07) is 5.82. The van der Waals surface area contributed by atoms with Gasteiger partial charge in [-0.05, 0) is 24.6 Å². The summed E-state index contributed by atoms with van der Waals surface area (Å²) in [7, 11) is 0. The van der Waals surface area contributed by atoms with Crippen molar-refractivity contribution in [3.05, 3.63) is 52.2 Å². The van der Waals surface area contributed by atoms with Crippen molar-refractivity contribution in [3.63, 3.8) is 0 Å². The highest BCUT2D eigenvalue weighted by atomic mass is 19.1. The summed E-state index contributed by atoms with van der Waals surface area (Å²) in [5, 5.41) is 13.9. The van der Waals surface area contributed by atoms with E-state index in [0.717, 1.165) is 0 Å². The predicted molar refractivity (Wildman–Crippen MR) is 67.6 cm³/mol. The van der Waals surface area contributed by atoms with E-state index in [-0.39, 0.29) is 22.8 Å². The molecular weight excluding hydrogens is 249 g/mol. The number of aromatic hydroxyl groups is 1. The average Bonchev–Trinajstić information content (AvgIpc) is 2.81. The molecule has 0 amide bonds. The first-order chi connectivity index (χ1) is 9.08. The fourth-order valence-electron chi connectivity index (χ4n) is 1.93. The minimum Gasteiger partial charge on any atom is -0.493 e. The highest BCUT2D eigenvalue weighted by Crippen LogP contribution is 2.25. The number of hydrogen-bond donors (Lipinski definition) is 2. The van der Waals surface area contributed by atoms with Crippen LogP contribution in [0.4, 0.5) is 4.39 Å².